The Labute approximate surface area is 151 Å². The van der Waals surface area contributed by atoms with Crippen LogP contribution in [-0.4, -0.2) is 20.6 Å². The second-order valence-electron chi connectivity index (χ2n) is 5.82. The monoisotopic (exact) mass is 372 g/mol. The Morgan fingerprint density at radius 2 is 1.88 bits per heavy atom. The van der Waals surface area contributed by atoms with Crippen molar-refractivity contribution in [1.29, 1.82) is 0 Å². The molecule has 0 fully saturated rings. The molecule has 0 saturated heterocycles. The minimum absolute atomic E-state index is 0.0967. The van der Waals surface area contributed by atoms with E-state index in [9.17, 15) is 18.7 Å². The lowest BCUT2D eigenvalue weighted by molar-refractivity contribution is 0.0690. The third-order valence-corrected chi connectivity index (χ3v) is 4.62. The molecule has 4 aromatic rings. The molecule has 2 aromatic heterocycles. The fourth-order valence-electron chi connectivity index (χ4n) is 3.10. The van der Waals surface area contributed by atoms with Crippen molar-refractivity contribution < 1.29 is 18.7 Å². The zero-order valence-electron chi connectivity index (χ0n) is 13.2. The molecular formula is C19H11ClF2N2O2. The van der Waals surface area contributed by atoms with Crippen LogP contribution in [0.1, 0.15) is 16.1 Å². The van der Waals surface area contributed by atoms with Gasteiger partial charge in [-0.3, -0.25) is 0 Å². The normalized spacial score (nSPS) is 11.3. The van der Waals surface area contributed by atoms with Crippen molar-refractivity contribution in [2.45, 2.75) is 6.54 Å². The van der Waals surface area contributed by atoms with E-state index in [0.29, 0.717) is 16.4 Å². The Kier molecular flexibility index (Phi) is 3.85. The minimum atomic E-state index is -1.14. The maximum atomic E-state index is 14.3. The van der Waals surface area contributed by atoms with Gasteiger partial charge in [-0.2, -0.15) is 0 Å². The van der Waals surface area contributed by atoms with Crippen LogP contribution in [0.4, 0.5) is 8.78 Å². The molecule has 130 valence electrons. The van der Waals surface area contributed by atoms with Crippen molar-refractivity contribution >= 4 is 39.4 Å². The average molecular weight is 373 g/mol. The van der Waals surface area contributed by atoms with Gasteiger partial charge >= 0.3 is 5.97 Å². The average Bonchev–Trinajstić information content (AvgIpc) is 2.95. The number of carboxylic acid groups (broad SMARTS) is 1. The number of benzene rings is 2. The van der Waals surface area contributed by atoms with E-state index in [0.717, 1.165) is 11.5 Å². The molecule has 0 spiro atoms. The van der Waals surface area contributed by atoms with Gasteiger partial charge in [0, 0.05) is 21.9 Å². The largest absolute Gasteiger partial charge is 0.477 e. The van der Waals surface area contributed by atoms with Gasteiger partial charge in [0.1, 0.15) is 17.3 Å². The lowest BCUT2D eigenvalue weighted by atomic mass is 10.1. The highest BCUT2D eigenvalue weighted by Gasteiger charge is 2.18. The Hall–Kier alpha value is -2.99. The van der Waals surface area contributed by atoms with Crippen molar-refractivity contribution in [2.75, 3.05) is 0 Å². The Morgan fingerprint density at radius 3 is 2.65 bits per heavy atom. The van der Waals surface area contributed by atoms with Crippen LogP contribution in [-0.2, 0) is 6.54 Å². The molecule has 0 amide bonds. The molecule has 0 aliphatic heterocycles. The number of halogens is 3. The number of carboxylic acids is 1. The SMILES string of the molecule is O=C(O)c1cc2c3ccccc3n(Cc3c(F)ccc(Cl)c3F)c2cn1. The van der Waals surface area contributed by atoms with E-state index in [1.54, 1.807) is 16.7 Å². The first kappa shape index (κ1) is 16.5. The Bertz CT molecular complexity index is 1190. The van der Waals surface area contributed by atoms with Crippen molar-refractivity contribution in [3.8, 4) is 0 Å². The number of aromatic nitrogens is 2. The molecule has 4 nitrogen and oxygen atoms in total. The summed E-state index contributed by atoms with van der Waals surface area (Å²) >= 11 is 5.79. The molecule has 7 heteroatoms. The van der Waals surface area contributed by atoms with Crippen LogP contribution < -0.4 is 0 Å². The van der Waals surface area contributed by atoms with Crippen molar-refractivity contribution in [3.63, 3.8) is 0 Å². The lowest BCUT2D eigenvalue weighted by Gasteiger charge is -2.10. The number of carbonyl (C=O) groups is 1. The van der Waals surface area contributed by atoms with E-state index in [1.165, 1.54) is 18.3 Å². The molecule has 2 aromatic carbocycles. The van der Waals surface area contributed by atoms with Crippen LogP contribution in [0, 0.1) is 11.6 Å². The van der Waals surface area contributed by atoms with Gasteiger partial charge < -0.3 is 9.67 Å². The molecular weight excluding hydrogens is 362 g/mol. The second-order valence-corrected chi connectivity index (χ2v) is 6.22. The molecule has 0 radical (unpaired) electrons. The van der Waals surface area contributed by atoms with Crippen LogP contribution in [0.2, 0.25) is 5.02 Å². The van der Waals surface area contributed by atoms with Crippen LogP contribution in [0.25, 0.3) is 21.8 Å². The summed E-state index contributed by atoms with van der Waals surface area (Å²) in [5, 5.41) is 10.4. The smallest absolute Gasteiger partial charge is 0.354 e. The number of para-hydroxylation sites is 1. The minimum Gasteiger partial charge on any atom is -0.477 e. The van der Waals surface area contributed by atoms with Gasteiger partial charge in [0.25, 0.3) is 0 Å². The van der Waals surface area contributed by atoms with Gasteiger partial charge in [0.05, 0.1) is 23.3 Å². The first-order valence-electron chi connectivity index (χ1n) is 7.70. The van der Waals surface area contributed by atoms with E-state index in [2.05, 4.69) is 4.98 Å². The molecule has 0 unspecified atom stereocenters. The zero-order valence-corrected chi connectivity index (χ0v) is 14.0. The number of hydrogen-bond donors (Lipinski definition) is 1. The highest BCUT2D eigenvalue weighted by atomic mass is 35.5. The number of pyridine rings is 1. The topological polar surface area (TPSA) is 55.1 Å². The van der Waals surface area contributed by atoms with Gasteiger partial charge in [-0.25, -0.2) is 18.6 Å². The van der Waals surface area contributed by atoms with Gasteiger partial charge in [-0.15, -0.1) is 0 Å². The van der Waals surface area contributed by atoms with E-state index in [-0.39, 0.29) is 22.8 Å². The molecule has 0 atom stereocenters. The fraction of sp³-hybridized carbons (Fsp3) is 0.0526. The first-order valence-corrected chi connectivity index (χ1v) is 8.08. The third kappa shape index (κ3) is 2.50. The van der Waals surface area contributed by atoms with Crippen LogP contribution in [0.15, 0.2) is 48.7 Å². The summed E-state index contributed by atoms with van der Waals surface area (Å²) in [6.45, 7) is -0.101. The quantitative estimate of drug-likeness (QED) is 0.522. The van der Waals surface area contributed by atoms with Crippen molar-refractivity contribution in [2.24, 2.45) is 0 Å². The highest BCUT2D eigenvalue weighted by Crippen LogP contribution is 2.31. The lowest BCUT2D eigenvalue weighted by Crippen LogP contribution is -2.06. The number of rotatable bonds is 3. The predicted molar refractivity (Wildman–Crippen MR) is 94.7 cm³/mol. The standard InChI is InChI=1S/C19H11ClF2N2O2/c20-13-5-6-14(21)12(18(13)22)9-24-16-4-2-1-3-10(16)11-7-15(19(25)26)23-8-17(11)24/h1-8H,9H2,(H,25,26). The van der Waals surface area contributed by atoms with Crippen molar-refractivity contribution in [1.82, 2.24) is 9.55 Å². The van der Waals surface area contributed by atoms with Gasteiger partial charge in [-0.1, -0.05) is 29.8 Å². The predicted octanol–water partition coefficient (Wildman–Crippen LogP) is 4.87. The van der Waals surface area contributed by atoms with E-state index < -0.39 is 17.6 Å². The van der Waals surface area contributed by atoms with Crippen molar-refractivity contribution in [3.05, 3.63) is 76.6 Å². The van der Waals surface area contributed by atoms with Gasteiger partial charge in [0.2, 0.25) is 0 Å². The summed E-state index contributed by atoms with van der Waals surface area (Å²) in [5.41, 5.74) is 1.03. The summed E-state index contributed by atoms with van der Waals surface area (Å²) in [5.74, 6) is -2.66. The summed E-state index contributed by atoms with van der Waals surface area (Å²) in [6.07, 6.45) is 1.40. The van der Waals surface area contributed by atoms with Crippen LogP contribution in [0.3, 0.4) is 0 Å². The Morgan fingerprint density at radius 1 is 1.12 bits per heavy atom. The maximum Gasteiger partial charge on any atom is 0.354 e. The zero-order chi connectivity index (χ0) is 18.4. The molecule has 1 N–H and O–H groups in total. The maximum absolute atomic E-state index is 14.3. The molecule has 26 heavy (non-hydrogen) atoms. The van der Waals surface area contributed by atoms with Gasteiger partial charge in [0.15, 0.2) is 0 Å². The molecule has 4 rings (SSSR count). The summed E-state index contributed by atoms with van der Waals surface area (Å²) in [4.78, 5) is 15.2. The van der Waals surface area contributed by atoms with Gasteiger partial charge in [-0.05, 0) is 24.3 Å². The second kappa shape index (κ2) is 6.07. The molecule has 0 aliphatic carbocycles. The summed E-state index contributed by atoms with van der Waals surface area (Å²) in [6, 6.07) is 11.0. The van der Waals surface area contributed by atoms with Crippen LogP contribution >= 0.6 is 11.6 Å². The number of fused-ring (bicyclic) bond motifs is 3. The van der Waals surface area contributed by atoms with E-state index in [4.69, 9.17) is 11.6 Å². The summed E-state index contributed by atoms with van der Waals surface area (Å²) < 4.78 is 30.2. The first-order chi connectivity index (χ1) is 12.5. The van der Waals surface area contributed by atoms with Crippen LogP contribution in [0.5, 0.6) is 0 Å². The third-order valence-electron chi connectivity index (χ3n) is 4.33. The van der Waals surface area contributed by atoms with E-state index >= 15 is 0 Å². The summed E-state index contributed by atoms with van der Waals surface area (Å²) in [7, 11) is 0. The van der Waals surface area contributed by atoms with E-state index in [1.807, 2.05) is 12.1 Å². The fourth-order valence-corrected chi connectivity index (χ4v) is 3.28. The number of aromatic carboxylic acids is 1. The number of nitrogens with zero attached hydrogens (tertiary/aromatic N) is 2. The Balaban J connectivity index is 2.00. The highest BCUT2D eigenvalue weighted by molar-refractivity contribution is 6.30. The number of hydrogen-bond acceptors (Lipinski definition) is 2. The molecule has 0 aliphatic rings. The molecule has 2 heterocycles. The molecule has 0 bridgehead atoms. The molecule has 0 saturated carbocycles.